The third-order valence-corrected chi connectivity index (χ3v) is 5.99. The Bertz CT molecular complexity index is 420. The maximum atomic E-state index is 11.3. The summed E-state index contributed by atoms with van der Waals surface area (Å²) in [6.07, 6.45) is 0.368. The molecular weight excluding hydrogens is 270 g/mol. The number of aliphatic carboxylic acids is 1. The van der Waals surface area contributed by atoms with Gasteiger partial charge in [0.15, 0.2) is 10.8 Å². The normalized spacial score (nSPS) is 23.9. The molecule has 0 radical (unpaired) electrons. The highest BCUT2D eigenvalue weighted by atomic mass is 33.1. The number of carbonyl (C=O) groups is 3. The molecule has 2 aliphatic heterocycles. The molecule has 0 bridgehead atoms. The van der Waals surface area contributed by atoms with Crippen LogP contribution in [0.25, 0.3) is 0 Å². The number of carbonyl (C=O) groups excluding carboxylic acids is 2. The first-order valence-corrected chi connectivity index (χ1v) is 7.35. The Hall–Kier alpha value is -0.600. The number of nitrogens with zero attached hydrogens (tertiary/aromatic N) is 1. The first-order valence-electron chi connectivity index (χ1n) is 4.32. The van der Waals surface area contributed by atoms with Crippen molar-refractivity contribution in [1.82, 2.24) is 4.90 Å². The fourth-order valence-corrected chi connectivity index (χ4v) is 5.32. The van der Waals surface area contributed by atoms with Gasteiger partial charge in [0.1, 0.15) is 5.37 Å². The SMILES string of the molecule is CC(=O)SC1=C(C(=O)O)N2C(=O)CC2SS1. The van der Waals surface area contributed by atoms with Gasteiger partial charge in [0.2, 0.25) is 5.91 Å². The van der Waals surface area contributed by atoms with Crippen LogP contribution < -0.4 is 0 Å². The van der Waals surface area contributed by atoms with Gasteiger partial charge in [-0.3, -0.25) is 14.5 Å². The van der Waals surface area contributed by atoms with Crippen LogP contribution in [-0.4, -0.2) is 32.4 Å². The Kier molecular flexibility index (Phi) is 3.22. The van der Waals surface area contributed by atoms with Crippen molar-refractivity contribution in [1.29, 1.82) is 0 Å². The number of amides is 1. The lowest BCUT2D eigenvalue weighted by Gasteiger charge is -2.42. The Morgan fingerprint density at radius 3 is 2.75 bits per heavy atom. The zero-order chi connectivity index (χ0) is 11.9. The fourth-order valence-electron chi connectivity index (χ4n) is 1.36. The van der Waals surface area contributed by atoms with Crippen molar-refractivity contribution in [2.45, 2.75) is 18.7 Å². The molecule has 2 heterocycles. The maximum absolute atomic E-state index is 11.3. The number of thioether (sulfide) groups is 1. The van der Waals surface area contributed by atoms with E-state index < -0.39 is 5.97 Å². The van der Waals surface area contributed by atoms with Crippen LogP contribution in [-0.2, 0) is 14.4 Å². The van der Waals surface area contributed by atoms with Gasteiger partial charge in [0, 0.05) is 6.92 Å². The van der Waals surface area contributed by atoms with Crippen molar-refractivity contribution in [2.24, 2.45) is 0 Å². The number of β-lactam (4-membered cyclic amide) rings is 1. The van der Waals surface area contributed by atoms with Crippen LogP contribution in [0.5, 0.6) is 0 Å². The van der Waals surface area contributed by atoms with E-state index in [0.29, 0.717) is 10.7 Å². The molecule has 8 heteroatoms. The van der Waals surface area contributed by atoms with Crippen molar-refractivity contribution < 1.29 is 19.5 Å². The van der Waals surface area contributed by atoms with Gasteiger partial charge in [0.25, 0.3) is 0 Å². The van der Waals surface area contributed by atoms with E-state index in [4.69, 9.17) is 5.11 Å². The van der Waals surface area contributed by atoms with Gasteiger partial charge < -0.3 is 5.11 Å². The van der Waals surface area contributed by atoms with Gasteiger partial charge in [-0.2, -0.15) is 0 Å². The number of carboxylic acids is 1. The summed E-state index contributed by atoms with van der Waals surface area (Å²) in [7, 11) is 2.67. The molecule has 5 nitrogen and oxygen atoms in total. The Morgan fingerprint density at radius 1 is 1.56 bits per heavy atom. The van der Waals surface area contributed by atoms with Crippen LogP contribution in [0.3, 0.4) is 0 Å². The zero-order valence-electron chi connectivity index (χ0n) is 8.13. The molecule has 86 valence electrons. The van der Waals surface area contributed by atoms with Crippen LogP contribution in [0, 0.1) is 0 Å². The molecule has 0 aromatic carbocycles. The molecule has 1 atom stereocenters. The zero-order valence-corrected chi connectivity index (χ0v) is 10.6. The largest absolute Gasteiger partial charge is 0.477 e. The molecule has 2 rings (SSSR count). The van der Waals surface area contributed by atoms with Gasteiger partial charge in [0.05, 0.1) is 10.7 Å². The topological polar surface area (TPSA) is 74.7 Å². The molecule has 0 aromatic heterocycles. The summed E-state index contributed by atoms with van der Waals surface area (Å²) >= 11 is 0.862. The molecule has 1 N–H and O–H groups in total. The van der Waals surface area contributed by atoms with Crippen LogP contribution >= 0.6 is 33.3 Å². The van der Waals surface area contributed by atoms with Crippen LogP contribution in [0.15, 0.2) is 9.93 Å². The van der Waals surface area contributed by atoms with Gasteiger partial charge in [-0.05, 0) is 22.6 Å². The number of carboxylic acid groups (broad SMARTS) is 1. The van der Waals surface area contributed by atoms with Crippen molar-refractivity contribution in [3.05, 3.63) is 9.93 Å². The van der Waals surface area contributed by atoms with Gasteiger partial charge in [-0.1, -0.05) is 10.8 Å². The minimum Gasteiger partial charge on any atom is -0.477 e. The lowest BCUT2D eigenvalue weighted by Crippen LogP contribution is -2.52. The first kappa shape index (κ1) is 11.9. The average molecular weight is 277 g/mol. The summed E-state index contributed by atoms with van der Waals surface area (Å²) in [4.78, 5) is 34.6. The third kappa shape index (κ3) is 1.96. The molecule has 2 aliphatic rings. The van der Waals surface area contributed by atoms with Crippen LogP contribution in [0.2, 0.25) is 0 Å². The fraction of sp³-hybridized carbons (Fsp3) is 0.375. The maximum Gasteiger partial charge on any atom is 0.354 e. The second kappa shape index (κ2) is 4.34. The molecule has 0 spiro atoms. The van der Waals surface area contributed by atoms with Gasteiger partial charge in [-0.15, -0.1) is 0 Å². The predicted octanol–water partition coefficient (Wildman–Crippen LogP) is 1.47. The smallest absolute Gasteiger partial charge is 0.354 e. The van der Waals surface area contributed by atoms with Crippen molar-refractivity contribution in [3.63, 3.8) is 0 Å². The van der Waals surface area contributed by atoms with E-state index in [-0.39, 0.29) is 22.1 Å². The standard InChI is InChI=1S/C8H7NO4S3/c1-3(10)14-8-6(7(12)13)9-4(11)2-5(9)15-16-8/h5H,2H2,1H3,(H,12,13). The molecule has 16 heavy (non-hydrogen) atoms. The number of hydrogen-bond donors (Lipinski definition) is 1. The lowest BCUT2D eigenvalue weighted by atomic mass is 10.2. The molecule has 1 amide bonds. The molecule has 0 aliphatic carbocycles. The van der Waals surface area contributed by atoms with E-state index >= 15 is 0 Å². The van der Waals surface area contributed by atoms with E-state index in [1.807, 2.05) is 0 Å². The minimum absolute atomic E-state index is 0.0507. The summed E-state index contributed by atoms with van der Waals surface area (Å²) in [5, 5.41) is 8.78. The average Bonchev–Trinajstić information content (AvgIpc) is 2.17. The highest BCUT2D eigenvalue weighted by molar-refractivity contribution is 8.80. The second-order valence-electron chi connectivity index (χ2n) is 3.14. The predicted molar refractivity (Wildman–Crippen MR) is 63.4 cm³/mol. The molecule has 1 fully saturated rings. The molecule has 1 unspecified atom stereocenters. The molecule has 0 aromatic rings. The van der Waals surface area contributed by atoms with Crippen molar-refractivity contribution in [2.75, 3.05) is 0 Å². The quantitative estimate of drug-likeness (QED) is 0.605. The number of hydrogen-bond acceptors (Lipinski definition) is 6. The van der Waals surface area contributed by atoms with E-state index in [1.165, 1.54) is 33.4 Å². The van der Waals surface area contributed by atoms with Crippen LogP contribution in [0.1, 0.15) is 13.3 Å². The summed E-state index contributed by atoms with van der Waals surface area (Å²) in [5.74, 6) is -1.36. The minimum atomic E-state index is -1.16. The second-order valence-corrected chi connectivity index (χ2v) is 6.97. The Balaban J connectivity index is 2.35. The van der Waals surface area contributed by atoms with Crippen molar-refractivity contribution >= 4 is 50.3 Å². The molecule has 0 saturated carbocycles. The highest BCUT2D eigenvalue weighted by Crippen LogP contribution is 2.53. The highest BCUT2D eigenvalue weighted by Gasteiger charge is 2.46. The summed E-state index contributed by atoms with van der Waals surface area (Å²) in [6.45, 7) is 1.37. The number of rotatable bonds is 2. The summed E-state index contributed by atoms with van der Waals surface area (Å²) in [5.41, 5.74) is -0.0507. The Morgan fingerprint density at radius 2 is 2.25 bits per heavy atom. The lowest BCUT2D eigenvalue weighted by molar-refractivity contribution is -0.145. The molecule has 1 saturated heterocycles. The number of fused-ring (bicyclic) bond motifs is 1. The summed E-state index contributed by atoms with van der Waals surface area (Å²) in [6, 6.07) is 0. The van der Waals surface area contributed by atoms with E-state index in [0.717, 1.165) is 11.8 Å². The van der Waals surface area contributed by atoms with E-state index in [9.17, 15) is 14.4 Å². The molecular formula is C8H7NO4S3. The van der Waals surface area contributed by atoms with E-state index in [2.05, 4.69) is 0 Å². The third-order valence-electron chi connectivity index (χ3n) is 2.01. The van der Waals surface area contributed by atoms with Gasteiger partial charge in [-0.25, -0.2) is 4.79 Å². The van der Waals surface area contributed by atoms with Crippen LogP contribution in [0.4, 0.5) is 0 Å². The monoisotopic (exact) mass is 277 g/mol. The first-order chi connectivity index (χ1) is 7.50. The Labute approximate surface area is 103 Å². The van der Waals surface area contributed by atoms with Gasteiger partial charge >= 0.3 is 5.97 Å². The van der Waals surface area contributed by atoms with E-state index in [1.54, 1.807) is 0 Å². The summed E-state index contributed by atoms with van der Waals surface area (Å²) < 4.78 is 0.384. The van der Waals surface area contributed by atoms with Crippen molar-refractivity contribution in [3.8, 4) is 0 Å².